The SMILES string of the molecule is CCc1ccc2c(c1)nc(C(C)N1CCCC1)n2CC#N. The first-order chi connectivity index (χ1) is 10.2. The molecule has 0 saturated carbocycles. The van der Waals surface area contributed by atoms with Crippen molar-refractivity contribution in [1.29, 1.82) is 5.26 Å². The summed E-state index contributed by atoms with van der Waals surface area (Å²) in [7, 11) is 0. The van der Waals surface area contributed by atoms with Gasteiger partial charge >= 0.3 is 0 Å². The Kier molecular flexibility index (Phi) is 3.94. The molecule has 0 aliphatic carbocycles. The van der Waals surface area contributed by atoms with Gasteiger partial charge in [0.15, 0.2) is 0 Å². The minimum absolute atomic E-state index is 0.276. The maximum absolute atomic E-state index is 9.16. The third-order valence-electron chi connectivity index (χ3n) is 4.54. The fraction of sp³-hybridized carbons (Fsp3) is 0.529. The predicted molar refractivity (Wildman–Crippen MR) is 83.9 cm³/mol. The minimum Gasteiger partial charge on any atom is -0.313 e. The molecule has 3 rings (SSSR count). The Bertz CT molecular complexity index is 674. The van der Waals surface area contributed by atoms with Gasteiger partial charge in [0.1, 0.15) is 12.4 Å². The molecule has 1 aromatic carbocycles. The number of fused-ring (bicyclic) bond motifs is 1. The Balaban J connectivity index is 2.07. The normalized spacial score (nSPS) is 17.2. The number of benzene rings is 1. The summed E-state index contributed by atoms with van der Waals surface area (Å²) < 4.78 is 2.08. The van der Waals surface area contributed by atoms with Crippen LogP contribution in [0.5, 0.6) is 0 Å². The molecule has 2 aromatic rings. The van der Waals surface area contributed by atoms with Crippen molar-refractivity contribution in [3.8, 4) is 6.07 Å². The van der Waals surface area contributed by atoms with Crippen molar-refractivity contribution in [2.75, 3.05) is 13.1 Å². The van der Waals surface area contributed by atoms with E-state index in [-0.39, 0.29) is 6.04 Å². The maximum atomic E-state index is 9.16. The second-order valence-corrected chi connectivity index (χ2v) is 5.81. The first-order valence-electron chi connectivity index (χ1n) is 7.84. The molecule has 1 unspecified atom stereocenters. The van der Waals surface area contributed by atoms with Crippen molar-refractivity contribution in [2.24, 2.45) is 0 Å². The first-order valence-corrected chi connectivity index (χ1v) is 7.84. The molecule has 0 bridgehead atoms. The summed E-state index contributed by atoms with van der Waals surface area (Å²) in [5.74, 6) is 1.03. The zero-order valence-electron chi connectivity index (χ0n) is 12.8. The molecule has 4 nitrogen and oxygen atoms in total. The molecule has 2 heterocycles. The number of likely N-dealkylation sites (tertiary alicyclic amines) is 1. The molecule has 0 amide bonds. The van der Waals surface area contributed by atoms with E-state index in [9.17, 15) is 0 Å². The summed E-state index contributed by atoms with van der Waals surface area (Å²) in [5.41, 5.74) is 3.39. The second-order valence-electron chi connectivity index (χ2n) is 5.81. The molecule has 1 aromatic heterocycles. The number of aryl methyl sites for hydroxylation is 1. The van der Waals surface area contributed by atoms with Crippen LogP contribution in [0.4, 0.5) is 0 Å². The van der Waals surface area contributed by atoms with Crippen LogP contribution in [0.3, 0.4) is 0 Å². The molecule has 0 spiro atoms. The van der Waals surface area contributed by atoms with E-state index in [2.05, 4.69) is 47.6 Å². The van der Waals surface area contributed by atoms with Gasteiger partial charge in [-0.05, 0) is 57.0 Å². The van der Waals surface area contributed by atoms with Crippen LogP contribution in [-0.2, 0) is 13.0 Å². The summed E-state index contributed by atoms with van der Waals surface area (Å²) >= 11 is 0. The summed E-state index contributed by atoms with van der Waals surface area (Å²) in [6.07, 6.45) is 3.55. The molecule has 110 valence electrons. The number of hydrogen-bond donors (Lipinski definition) is 0. The lowest BCUT2D eigenvalue weighted by Gasteiger charge is -2.23. The Morgan fingerprint density at radius 1 is 1.33 bits per heavy atom. The standard InChI is InChI=1S/C17H22N4/c1-3-14-6-7-16-15(12-14)19-17(21(16)11-8-18)13(2)20-9-4-5-10-20/h6-7,12-13H,3-5,9-11H2,1-2H3. The van der Waals surface area contributed by atoms with Crippen LogP contribution in [0.2, 0.25) is 0 Å². The van der Waals surface area contributed by atoms with Gasteiger partial charge in [-0.15, -0.1) is 0 Å². The van der Waals surface area contributed by atoms with Gasteiger partial charge in [0.05, 0.1) is 23.1 Å². The van der Waals surface area contributed by atoms with Crippen molar-refractivity contribution >= 4 is 11.0 Å². The van der Waals surface area contributed by atoms with Gasteiger partial charge < -0.3 is 4.57 Å². The zero-order chi connectivity index (χ0) is 14.8. The fourth-order valence-electron chi connectivity index (χ4n) is 3.26. The van der Waals surface area contributed by atoms with Crippen LogP contribution in [0.1, 0.15) is 44.1 Å². The number of aromatic nitrogens is 2. The van der Waals surface area contributed by atoms with E-state index in [1.54, 1.807) is 0 Å². The van der Waals surface area contributed by atoms with Crippen LogP contribution in [0.25, 0.3) is 11.0 Å². The molecule has 1 fully saturated rings. The lowest BCUT2D eigenvalue weighted by atomic mass is 10.1. The second kappa shape index (κ2) is 5.87. The quantitative estimate of drug-likeness (QED) is 0.864. The molecule has 21 heavy (non-hydrogen) atoms. The van der Waals surface area contributed by atoms with Gasteiger partial charge in [0, 0.05) is 0 Å². The van der Waals surface area contributed by atoms with Crippen LogP contribution in [0, 0.1) is 11.3 Å². The monoisotopic (exact) mass is 282 g/mol. The van der Waals surface area contributed by atoms with Crippen LogP contribution in [0.15, 0.2) is 18.2 Å². The highest BCUT2D eigenvalue weighted by Crippen LogP contribution is 2.27. The van der Waals surface area contributed by atoms with Crippen molar-refractivity contribution in [2.45, 2.75) is 45.7 Å². The van der Waals surface area contributed by atoms with Crippen molar-refractivity contribution < 1.29 is 0 Å². The Labute approximate surface area is 126 Å². The number of imidazole rings is 1. The largest absolute Gasteiger partial charge is 0.313 e. The minimum atomic E-state index is 0.276. The molecule has 1 saturated heterocycles. The summed E-state index contributed by atoms with van der Waals surface area (Å²) in [5, 5.41) is 9.16. The molecule has 1 atom stereocenters. The van der Waals surface area contributed by atoms with E-state index in [1.807, 2.05) is 0 Å². The molecule has 0 radical (unpaired) electrons. The van der Waals surface area contributed by atoms with Crippen LogP contribution >= 0.6 is 0 Å². The number of hydrogen-bond acceptors (Lipinski definition) is 3. The summed E-state index contributed by atoms with van der Waals surface area (Å²) in [6, 6.07) is 8.96. The summed E-state index contributed by atoms with van der Waals surface area (Å²) in [4.78, 5) is 7.32. The number of rotatable bonds is 4. The lowest BCUT2D eigenvalue weighted by molar-refractivity contribution is 0.249. The maximum Gasteiger partial charge on any atom is 0.127 e. The lowest BCUT2D eigenvalue weighted by Crippen LogP contribution is -2.26. The topological polar surface area (TPSA) is 44.9 Å². The van der Waals surface area contributed by atoms with E-state index >= 15 is 0 Å². The zero-order valence-corrected chi connectivity index (χ0v) is 12.8. The van der Waals surface area contributed by atoms with Crippen molar-refractivity contribution in [3.63, 3.8) is 0 Å². The van der Waals surface area contributed by atoms with Crippen molar-refractivity contribution in [1.82, 2.24) is 14.5 Å². The predicted octanol–water partition coefficient (Wildman–Crippen LogP) is 3.28. The average molecular weight is 282 g/mol. The van der Waals surface area contributed by atoms with E-state index in [4.69, 9.17) is 10.2 Å². The van der Waals surface area contributed by atoms with Gasteiger partial charge in [-0.2, -0.15) is 5.26 Å². The highest BCUT2D eigenvalue weighted by molar-refractivity contribution is 5.77. The number of nitrogens with zero attached hydrogens (tertiary/aromatic N) is 4. The Morgan fingerprint density at radius 2 is 2.10 bits per heavy atom. The average Bonchev–Trinajstić information content (AvgIpc) is 3.14. The third kappa shape index (κ3) is 2.54. The molecule has 4 heteroatoms. The fourth-order valence-corrected chi connectivity index (χ4v) is 3.26. The molecule has 1 aliphatic rings. The molecular formula is C17H22N4. The van der Waals surface area contributed by atoms with E-state index < -0.39 is 0 Å². The van der Waals surface area contributed by atoms with Gasteiger partial charge in [-0.25, -0.2) is 4.98 Å². The van der Waals surface area contributed by atoms with Crippen LogP contribution in [-0.4, -0.2) is 27.5 Å². The third-order valence-corrected chi connectivity index (χ3v) is 4.54. The highest BCUT2D eigenvalue weighted by atomic mass is 15.2. The van der Waals surface area contributed by atoms with Gasteiger partial charge in [0.2, 0.25) is 0 Å². The summed E-state index contributed by atoms with van der Waals surface area (Å²) in [6.45, 7) is 7.01. The highest BCUT2D eigenvalue weighted by Gasteiger charge is 2.24. The van der Waals surface area contributed by atoms with Gasteiger partial charge in [-0.1, -0.05) is 13.0 Å². The number of nitriles is 1. The Morgan fingerprint density at radius 3 is 2.76 bits per heavy atom. The molecule has 0 N–H and O–H groups in total. The van der Waals surface area contributed by atoms with Crippen LogP contribution < -0.4 is 0 Å². The van der Waals surface area contributed by atoms with Gasteiger partial charge in [-0.3, -0.25) is 4.90 Å². The molecular weight excluding hydrogens is 260 g/mol. The van der Waals surface area contributed by atoms with Gasteiger partial charge in [0.25, 0.3) is 0 Å². The van der Waals surface area contributed by atoms with E-state index in [1.165, 1.54) is 18.4 Å². The smallest absolute Gasteiger partial charge is 0.127 e. The van der Waals surface area contributed by atoms with Crippen molar-refractivity contribution in [3.05, 3.63) is 29.6 Å². The van der Waals surface area contributed by atoms with E-state index in [0.29, 0.717) is 6.54 Å². The first kappa shape index (κ1) is 14.1. The van der Waals surface area contributed by atoms with E-state index in [0.717, 1.165) is 36.4 Å². The Hall–Kier alpha value is -1.86. The molecule has 1 aliphatic heterocycles.